The van der Waals surface area contributed by atoms with E-state index in [9.17, 15) is 9.18 Å². The molecule has 2 fully saturated rings. The van der Waals surface area contributed by atoms with E-state index in [2.05, 4.69) is 51.8 Å². The third-order valence-corrected chi connectivity index (χ3v) is 8.85. The van der Waals surface area contributed by atoms with E-state index in [0.717, 1.165) is 76.9 Å². The number of fused-ring (bicyclic) bond motifs is 1. The highest BCUT2D eigenvalue weighted by Gasteiger charge is 2.25. The summed E-state index contributed by atoms with van der Waals surface area (Å²) in [7, 11) is 1.99. The minimum absolute atomic E-state index is 0.171. The third kappa shape index (κ3) is 8.87. The summed E-state index contributed by atoms with van der Waals surface area (Å²) < 4.78 is 15.6. The molecule has 0 unspecified atom stereocenters. The molecule has 232 valence electrons. The molecule has 3 heterocycles. The first kappa shape index (κ1) is 32.2. The van der Waals surface area contributed by atoms with E-state index < -0.39 is 11.9 Å². The van der Waals surface area contributed by atoms with Gasteiger partial charge >= 0.3 is 11.9 Å². The van der Waals surface area contributed by atoms with Gasteiger partial charge in [-0.1, -0.05) is 31.2 Å². The minimum atomic E-state index is -1.82. The van der Waals surface area contributed by atoms with Crippen molar-refractivity contribution in [2.75, 3.05) is 46.3 Å². The zero-order valence-electron chi connectivity index (χ0n) is 25.1. The van der Waals surface area contributed by atoms with Gasteiger partial charge in [0.2, 0.25) is 5.91 Å². The van der Waals surface area contributed by atoms with Gasteiger partial charge in [-0.2, -0.15) is 0 Å². The molecule has 0 aliphatic carbocycles. The average molecular weight is 595 g/mol. The van der Waals surface area contributed by atoms with E-state index >= 15 is 0 Å². The van der Waals surface area contributed by atoms with Crippen molar-refractivity contribution in [3.8, 4) is 0 Å². The lowest BCUT2D eigenvalue weighted by atomic mass is 10.0. The van der Waals surface area contributed by atoms with Gasteiger partial charge in [-0.05, 0) is 79.4 Å². The molecule has 0 atom stereocenters. The van der Waals surface area contributed by atoms with Gasteiger partial charge in [0.25, 0.3) is 0 Å². The summed E-state index contributed by atoms with van der Waals surface area (Å²) >= 11 is 0. The molecule has 2 aromatic carbocycles. The van der Waals surface area contributed by atoms with Gasteiger partial charge in [0, 0.05) is 63.6 Å². The Balaban J connectivity index is 0.000000641. The summed E-state index contributed by atoms with van der Waals surface area (Å²) in [6.07, 6.45) is 8.03. The number of halogens is 1. The molecule has 2 N–H and O–H groups in total. The maximum atomic E-state index is 13.2. The summed E-state index contributed by atoms with van der Waals surface area (Å²) in [4.78, 5) is 38.3. The summed E-state index contributed by atoms with van der Waals surface area (Å²) in [5.74, 6) is -3.59. The first-order valence-corrected chi connectivity index (χ1v) is 15.1. The SMILES string of the molecule is CCN1CCC(N(C)C(=O)Cc2ccc3ccn(C4CCN(CCc5ccc(F)cc5)CC4)c3c2)CC1.O=C(O)C(=O)O. The van der Waals surface area contributed by atoms with Crippen molar-refractivity contribution >= 4 is 28.7 Å². The van der Waals surface area contributed by atoms with E-state index in [1.165, 1.54) is 16.5 Å². The molecule has 0 radical (unpaired) electrons. The largest absolute Gasteiger partial charge is 0.473 e. The van der Waals surface area contributed by atoms with Crippen molar-refractivity contribution in [1.82, 2.24) is 19.3 Å². The molecule has 1 amide bonds. The number of carbonyl (C=O) groups excluding carboxylic acids is 1. The zero-order chi connectivity index (χ0) is 30.9. The lowest BCUT2D eigenvalue weighted by molar-refractivity contribution is -0.159. The van der Waals surface area contributed by atoms with Gasteiger partial charge in [0.1, 0.15) is 5.82 Å². The third-order valence-electron chi connectivity index (χ3n) is 8.85. The Morgan fingerprint density at radius 2 is 1.47 bits per heavy atom. The molecule has 2 aliphatic heterocycles. The molecule has 3 aromatic rings. The van der Waals surface area contributed by atoms with Crippen LogP contribution in [0.2, 0.25) is 0 Å². The fourth-order valence-corrected chi connectivity index (χ4v) is 6.11. The Kier molecular flexibility index (Phi) is 11.3. The number of hydrogen-bond acceptors (Lipinski definition) is 5. The van der Waals surface area contributed by atoms with Crippen LogP contribution < -0.4 is 0 Å². The molecular formula is C33H43FN4O5. The Hall–Kier alpha value is -3.76. The number of piperidine rings is 2. The number of amides is 1. The van der Waals surface area contributed by atoms with Crippen molar-refractivity contribution in [3.05, 3.63) is 71.7 Å². The number of rotatable bonds is 8. The van der Waals surface area contributed by atoms with Crippen molar-refractivity contribution in [3.63, 3.8) is 0 Å². The minimum Gasteiger partial charge on any atom is -0.473 e. The van der Waals surface area contributed by atoms with E-state index in [1.807, 2.05) is 24.1 Å². The molecule has 43 heavy (non-hydrogen) atoms. The second kappa shape index (κ2) is 15.1. The number of carboxylic acid groups (broad SMARTS) is 2. The van der Waals surface area contributed by atoms with E-state index in [4.69, 9.17) is 19.8 Å². The number of likely N-dealkylation sites (tertiary alicyclic amines) is 2. The number of likely N-dealkylation sites (N-methyl/N-ethyl adjacent to an activating group) is 1. The van der Waals surface area contributed by atoms with E-state index in [1.54, 1.807) is 12.1 Å². The van der Waals surface area contributed by atoms with Crippen LogP contribution in [-0.2, 0) is 27.2 Å². The maximum Gasteiger partial charge on any atom is 0.414 e. The fourth-order valence-electron chi connectivity index (χ4n) is 6.11. The van der Waals surface area contributed by atoms with Gasteiger partial charge in [0.15, 0.2) is 0 Å². The Morgan fingerprint density at radius 3 is 2.07 bits per heavy atom. The molecule has 10 heteroatoms. The van der Waals surface area contributed by atoms with Crippen LogP contribution in [0.5, 0.6) is 0 Å². The summed E-state index contributed by atoms with van der Waals surface area (Å²) in [6, 6.07) is 16.5. The Bertz CT molecular complexity index is 1360. The molecule has 0 saturated carbocycles. The lowest BCUT2D eigenvalue weighted by Gasteiger charge is -2.36. The van der Waals surface area contributed by atoms with Crippen LogP contribution in [0, 0.1) is 5.82 Å². The van der Waals surface area contributed by atoms with Crippen molar-refractivity contribution < 1.29 is 29.0 Å². The second-order valence-corrected chi connectivity index (χ2v) is 11.5. The molecule has 0 spiro atoms. The number of hydrogen-bond donors (Lipinski definition) is 2. The van der Waals surface area contributed by atoms with Gasteiger partial charge in [-0.25, -0.2) is 14.0 Å². The molecule has 0 bridgehead atoms. The number of aliphatic carboxylic acids is 2. The molecule has 5 rings (SSSR count). The Morgan fingerprint density at radius 1 is 0.860 bits per heavy atom. The van der Waals surface area contributed by atoms with Crippen LogP contribution >= 0.6 is 0 Å². The summed E-state index contributed by atoms with van der Waals surface area (Å²) in [5, 5.41) is 16.0. The number of carboxylic acids is 2. The smallest absolute Gasteiger partial charge is 0.414 e. The topological polar surface area (TPSA) is 106 Å². The van der Waals surface area contributed by atoms with Crippen molar-refractivity contribution in [2.45, 2.75) is 57.5 Å². The predicted octanol–water partition coefficient (Wildman–Crippen LogP) is 4.30. The van der Waals surface area contributed by atoms with Crippen molar-refractivity contribution in [2.24, 2.45) is 0 Å². The summed E-state index contributed by atoms with van der Waals surface area (Å²) in [6.45, 7) is 8.64. The normalized spacial score (nSPS) is 16.9. The van der Waals surface area contributed by atoms with Crippen LogP contribution in [0.15, 0.2) is 54.7 Å². The van der Waals surface area contributed by atoms with Crippen LogP contribution in [0.3, 0.4) is 0 Å². The number of nitrogens with zero attached hydrogens (tertiary/aromatic N) is 4. The maximum absolute atomic E-state index is 13.2. The average Bonchev–Trinajstić information content (AvgIpc) is 3.44. The number of aromatic nitrogens is 1. The van der Waals surface area contributed by atoms with Crippen LogP contribution in [0.1, 0.15) is 49.8 Å². The van der Waals surface area contributed by atoms with Crippen molar-refractivity contribution in [1.29, 1.82) is 0 Å². The monoisotopic (exact) mass is 594 g/mol. The van der Waals surface area contributed by atoms with E-state index in [0.29, 0.717) is 18.5 Å². The lowest BCUT2D eigenvalue weighted by Crippen LogP contribution is -2.45. The Labute approximate surface area is 252 Å². The molecule has 2 saturated heterocycles. The number of benzene rings is 2. The fraction of sp³-hybridized carbons (Fsp3) is 0.485. The summed E-state index contributed by atoms with van der Waals surface area (Å²) in [5.41, 5.74) is 3.54. The molecule has 9 nitrogen and oxygen atoms in total. The first-order chi connectivity index (χ1) is 20.6. The first-order valence-electron chi connectivity index (χ1n) is 15.1. The number of carbonyl (C=O) groups is 3. The van der Waals surface area contributed by atoms with Crippen LogP contribution in [0.4, 0.5) is 4.39 Å². The highest BCUT2D eigenvalue weighted by molar-refractivity contribution is 6.27. The quantitative estimate of drug-likeness (QED) is 0.375. The van der Waals surface area contributed by atoms with Gasteiger partial charge in [0.05, 0.1) is 6.42 Å². The molecule has 1 aromatic heterocycles. The molecule has 2 aliphatic rings. The van der Waals surface area contributed by atoms with E-state index in [-0.39, 0.29) is 11.7 Å². The second-order valence-electron chi connectivity index (χ2n) is 11.5. The van der Waals surface area contributed by atoms with Gasteiger partial charge in [-0.15, -0.1) is 0 Å². The standard InChI is InChI=1S/C31H41FN4O.C2H2O4/c1-3-34-17-12-28(13-18-34)33(2)31(37)23-25-4-7-26-11-21-36(30(26)22-25)29-14-19-35(20-15-29)16-10-24-5-8-27(32)9-6-24;3-1(4)2(5)6/h4-9,11,21-22,28-29H,3,10,12-20,23H2,1-2H3;(H,3,4)(H,5,6). The predicted molar refractivity (Wildman–Crippen MR) is 164 cm³/mol. The highest BCUT2D eigenvalue weighted by atomic mass is 19.1. The highest BCUT2D eigenvalue weighted by Crippen LogP contribution is 2.29. The van der Waals surface area contributed by atoms with Gasteiger partial charge < -0.3 is 29.5 Å². The molecular weight excluding hydrogens is 551 g/mol. The van der Waals surface area contributed by atoms with Gasteiger partial charge in [-0.3, -0.25) is 4.79 Å². The van der Waals surface area contributed by atoms with Crippen LogP contribution in [-0.4, -0.2) is 99.7 Å². The zero-order valence-corrected chi connectivity index (χ0v) is 25.1. The van der Waals surface area contributed by atoms with Crippen LogP contribution in [0.25, 0.3) is 10.9 Å².